The van der Waals surface area contributed by atoms with Crippen molar-refractivity contribution in [1.29, 1.82) is 0 Å². The SMILES string of the molecule is Cc1cc(Nc2nc(O[C@@H]3CCN(C(=O)OC(C)(C)C)C3)c(C(C)C)nc2C(N)=O)ccc1N1CCC(N2CCN(C)CC2)CC1. The number of nitrogens with zero attached hydrogens (tertiary/aromatic N) is 6. The van der Waals surface area contributed by atoms with Crippen LogP contribution in [0.3, 0.4) is 0 Å². The number of likely N-dealkylation sites (N-methyl/N-ethyl adjacent to an activating group) is 1. The lowest BCUT2D eigenvalue weighted by atomic mass is 10.0. The van der Waals surface area contributed by atoms with E-state index >= 15 is 0 Å². The lowest BCUT2D eigenvalue weighted by Crippen LogP contribution is -2.52. The second-order valence-electron chi connectivity index (χ2n) is 14.3. The number of hydrogen-bond acceptors (Lipinski definition) is 10. The summed E-state index contributed by atoms with van der Waals surface area (Å²) in [7, 11) is 2.20. The topological polar surface area (TPSA) is 129 Å². The molecule has 3 fully saturated rings. The van der Waals surface area contributed by atoms with Gasteiger partial charge in [-0.3, -0.25) is 9.69 Å². The number of piperazine rings is 1. The number of nitrogens with two attached hydrogens (primary N) is 1. The van der Waals surface area contributed by atoms with Crippen molar-refractivity contribution in [2.45, 2.75) is 84.5 Å². The van der Waals surface area contributed by atoms with Gasteiger partial charge in [0.2, 0.25) is 5.88 Å². The largest absolute Gasteiger partial charge is 0.471 e. The van der Waals surface area contributed by atoms with Crippen LogP contribution in [0.4, 0.5) is 22.0 Å². The monoisotopic (exact) mass is 636 g/mol. The predicted octanol–water partition coefficient (Wildman–Crippen LogP) is 4.36. The highest BCUT2D eigenvalue weighted by molar-refractivity contribution is 5.96. The van der Waals surface area contributed by atoms with Crippen molar-refractivity contribution >= 4 is 29.2 Å². The van der Waals surface area contributed by atoms with Crippen molar-refractivity contribution in [2.75, 3.05) is 69.6 Å². The molecule has 3 saturated heterocycles. The maximum atomic E-state index is 12.6. The average Bonchev–Trinajstić information content (AvgIpc) is 3.46. The van der Waals surface area contributed by atoms with Crippen molar-refractivity contribution in [3.63, 3.8) is 0 Å². The number of ether oxygens (including phenoxy) is 2. The first-order chi connectivity index (χ1) is 21.8. The number of carbonyl (C=O) groups excluding carboxylic acids is 2. The molecular weight excluding hydrogens is 584 g/mol. The molecule has 0 saturated carbocycles. The number of amides is 2. The molecule has 4 heterocycles. The Morgan fingerprint density at radius 3 is 2.30 bits per heavy atom. The number of hydrogen-bond donors (Lipinski definition) is 2. The van der Waals surface area contributed by atoms with Crippen LogP contribution in [-0.2, 0) is 4.74 Å². The van der Waals surface area contributed by atoms with Crippen molar-refractivity contribution in [3.05, 3.63) is 35.2 Å². The Hall–Kier alpha value is -3.64. The van der Waals surface area contributed by atoms with E-state index in [-0.39, 0.29) is 29.6 Å². The summed E-state index contributed by atoms with van der Waals surface area (Å²) in [4.78, 5) is 43.7. The fraction of sp³-hybridized carbons (Fsp3) is 0.647. The van der Waals surface area contributed by atoms with Crippen LogP contribution >= 0.6 is 0 Å². The van der Waals surface area contributed by atoms with Gasteiger partial charge in [-0.15, -0.1) is 0 Å². The second-order valence-corrected chi connectivity index (χ2v) is 14.3. The third-order valence-electron chi connectivity index (χ3n) is 9.06. The Bertz CT molecular complexity index is 1390. The molecule has 0 bridgehead atoms. The molecule has 0 aliphatic carbocycles. The molecule has 0 unspecified atom stereocenters. The van der Waals surface area contributed by atoms with Crippen LogP contribution in [0.2, 0.25) is 0 Å². The van der Waals surface area contributed by atoms with Gasteiger partial charge < -0.3 is 35.2 Å². The molecule has 12 nitrogen and oxygen atoms in total. The highest BCUT2D eigenvalue weighted by atomic mass is 16.6. The summed E-state index contributed by atoms with van der Waals surface area (Å²) in [5.41, 5.74) is 8.96. The number of piperidine rings is 1. The quantitative estimate of drug-likeness (QED) is 0.431. The lowest BCUT2D eigenvalue weighted by molar-refractivity contribution is 0.0274. The number of nitrogens with one attached hydrogen (secondary N) is 1. The summed E-state index contributed by atoms with van der Waals surface area (Å²) >= 11 is 0. The van der Waals surface area contributed by atoms with Gasteiger partial charge in [0.15, 0.2) is 11.5 Å². The van der Waals surface area contributed by atoms with E-state index in [9.17, 15) is 9.59 Å². The zero-order valence-electron chi connectivity index (χ0n) is 28.6. The summed E-state index contributed by atoms with van der Waals surface area (Å²) in [6, 6.07) is 6.87. The van der Waals surface area contributed by atoms with Crippen LogP contribution in [0.25, 0.3) is 0 Å². The van der Waals surface area contributed by atoms with Gasteiger partial charge in [-0.1, -0.05) is 13.8 Å². The lowest BCUT2D eigenvalue weighted by Gasteiger charge is -2.43. The molecule has 1 aromatic heterocycles. The molecule has 3 aliphatic rings. The van der Waals surface area contributed by atoms with E-state index in [0.29, 0.717) is 37.1 Å². The molecule has 3 N–H and O–H groups in total. The van der Waals surface area contributed by atoms with Crippen LogP contribution < -0.4 is 20.7 Å². The second kappa shape index (κ2) is 14.0. The summed E-state index contributed by atoms with van der Waals surface area (Å²) in [5.74, 6) is -0.166. The minimum Gasteiger partial charge on any atom is -0.471 e. The van der Waals surface area contributed by atoms with E-state index in [2.05, 4.69) is 51.1 Å². The number of anilines is 3. The minimum absolute atomic E-state index is 0.0607. The molecule has 0 radical (unpaired) electrons. The fourth-order valence-corrected chi connectivity index (χ4v) is 6.51. The van der Waals surface area contributed by atoms with Gasteiger partial charge in [-0.05, 0) is 71.3 Å². The normalized spacial score (nSPS) is 20.3. The van der Waals surface area contributed by atoms with Gasteiger partial charge in [-0.25, -0.2) is 9.78 Å². The van der Waals surface area contributed by atoms with Crippen molar-refractivity contribution in [2.24, 2.45) is 5.73 Å². The van der Waals surface area contributed by atoms with Crippen molar-refractivity contribution in [1.82, 2.24) is 24.7 Å². The summed E-state index contributed by atoms with van der Waals surface area (Å²) < 4.78 is 11.9. The highest BCUT2D eigenvalue weighted by Gasteiger charge is 2.33. The first kappa shape index (κ1) is 33.7. The summed E-state index contributed by atoms with van der Waals surface area (Å²) in [5, 5.41) is 3.29. The molecule has 1 atom stereocenters. The molecule has 3 aliphatic heterocycles. The molecule has 2 amide bonds. The molecule has 2 aromatic rings. The average molecular weight is 637 g/mol. The third-order valence-corrected chi connectivity index (χ3v) is 9.06. The van der Waals surface area contributed by atoms with E-state index in [0.717, 1.165) is 50.5 Å². The molecule has 46 heavy (non-hydrogen) atoms. The van der Waals surface area contributed by atoms with E-state index in [1.54, 1.807) is 4.90 Å². The molecule has 0 spiro atoms. The summed E-state index contributed by atoms with van der Waals surface area (Å²) in [6.07, 6.45) is 2.32. The van der Waals surface area contributed by atoms with Crippen LogP contribution in [0, 0.1) is 6.92 Å². The molecule has 252 valence electrons. The zero-order valence-corrected chi connectivity index (χ0v) is 28.6. The number of likely N-dealkylation sites (tertiary alicyclic amines) is 1. The smallest absolute Gasteiger partial charge is 0.410 e. The Labute approximate surface area is 273 Å². The van der Waals surface area contributed by atoms with Gasteiger partial charge in [0.05, 0.1) is 6.54 Å². The van der Waals surface area contributed by atoms with E-state index in [1.807, 2.05) is 40.7 Å². The Morgan fingerprint density at radius 1 is 1.00 bits per heavy atom. The van der Waals surface area contributed by atoms with Crippen LogP contribution in [0.1, 0.15) is 81.5 Å². The number of rotatable bonds is 8. The third kappa shape index (κ3) is 8.19. The van der Waals surface area contributed by atoms with Gasteiger partial charge in [0.1, 0.15) is 17.4 Å². The summed E-state index contributed by atoms with van der Waals surface area (Å²) in [6.45, 7) is 19.2. The molecule has 12 heteroatoms. The Kier molecular flexibility index (Phi) is 10.3. The first-order valence-electron chi connectivity index (χ1n) is 16.7. The number of benzene rings is 1. The van der Waals surface area contributed by atoms with E-state index in [1.165, 1.54) is 18.5 Å². The van der Waals surface area contributed by atoms with Gasteiger partial charge in [0, 0.05) is 75.6 Å². The number of primary amides is 1. The Balaban J connectivity index is 1.28. The maximum absolute atomic E-state index is 12.6. The number of carbonyl (C=O) groups is 2. The fourth-order valence-electron chi connectivity index (χ4n) is 6.51. The zero-order chi connectivity index (χ0) is 33.2. The number of aromatic nitrogens is 2. The maximum Gasteiger partial charge on any atom is 0.410 e. The van der Waals surface area contributed by atoms with Crippen molar-refractivity contribution in [3.8, 4) is 5.88 Å². The van der Waals surface area contributed by atoms with Crippen LogP contribution in [-0.4, -0.2) is 114 Å². The predicted molar refractivity (Wildman–Crippen MR) is 180 cm³/mol. The Morgan fingerprint density at radius 2 is 1.70 bits per heavy atom. The molecule has 5 rings (SSSR count). The van der Waals surface area contributed by atoms with E-state index in [4.69, 9.17) is 20.2 Å². The van der Waals surface area contributed by atoms with Crippen LogP contribution in [0.5, 0.6) is 5.88 Å². The highest BCUT2D eigenvalue weighted by Crippen LogP contribution is 2.32. The molecule has 1 aromatic carbocycles. The van der Waals surface area contributed by atoms with Gasteiger partial charge >= 0.3 is 6.09 Å². The van der Waals surface area contributed by atoms with Gasteiger partial charge in [0.25, 0.3) is 5.91 Å². The van der Waals surface area contributed by atoms with Crippen molar-refractivity contribution < 1.29 is 19.1 Å². The minimum atomic E-state index is -0.669. The molecular formula is C34H52N8O4. The van der Waals surface area contributed by atoms with E-state index < -0.39 is 11.5 Å². The van der Waals surface area contributed by atoms with Gasteiger partial charge in [-0.2, -0.15) is 4.98 Å². The first-order valence-corrected chi connectivity index (χ1v) is 16.7. The number of aryl methyl sites for hydroxylation is 1. The van der Waals surface area contributed by atoms with Crippen LogP contribution in [0.15, 0.2) is 18.2 Å². The standard InChI is InChI=1S/C34H52N8O4/c1-22(2)28-32(45-26-12-15-42(21-26)33(44)46-34(4,5)6)38-31(29(37-28)30(35)43)36-24-8-9-27(23(3)20-24)41-13-10-25(11-14-41)40-18-16-39(7)17-19-40/h8-9,20,22,25-26H,10-19,21H2,1-7H3,(H2,35,43)(H,36,38)/t26-/m1/s1.